The summed E-state index contributed by atoms with van der Waals surface area (Å²) in [5.41, 5.74) is 3.51. The van der Waals surface area contributed by atoms with Gasteiger partial charge in [-0.15, -0.1) is 0 Å². The summed E-state index contributed by atoms with van der Waals surface area (Å²) in [6.45, 7) is 5.66. The molecule has 0 aromatic carbocycles. The van der Waals surface area contributed by atoms with Gasteiger partial charge in [-0.3, -0.25) is 9.48 Å². The van der Waals surface area contributed by atoms with E-state index < -0.39 is 0 Å². The predicted octanol–water partition coefficient (Wildman–Crippen LogP) is 1.82. The Morgan fingerprint density at radius 2 is 1.93 bits per heavy atom. The number of anilines is 1. The average Bonchev–Trinajstić information content (AvgIpc) is 3.21. The first-order valence-electron chi connectivity index (χ1n) is 9.28. The Kier molecular flexibility index (Phi) is 4.33. The Labute approximate surface area is 158 Å². The van der Waals surface area contributed by atoms with Crippen LogP contribution >= 0.6 is 0 Å². The number of amides is 1. The van der Waals surface area contributed by atoms with Crippen molar-refractivity contribution < 1.29 is 4.79 Å². The standard InChI is InChI=1S/C19H25N7O/c1-13-11-17-18(20-7-10-26(17)21-13)25-8-5-15(6-9-25)23(3)19(27)16-12-14(2)24(4)22-16/h7,10-12,15H,5-6,8-9H2,1-4H3. The third-order valence-electron chi connectivity index (χ3n) is 5.46. The van der Waals surface area contributed by atoms with Gasteiger partial charge in [-0.2, -0.15) is 10.2 Å². The monoisotopic (exact) mass is 367 g/mol. The van der Waals surface area contributed by atoms with Gasteiger partial charge in [-0.1, -0.05) is 0 Å². The van der Waals surface area contributed by atoms with Gasteiger partial charge < -0.3 is 9.80 Å². The molecule has 3 aromatic heterocycles. The zero-order valence-corrected chi connectivity index (χ0v) is 16.3. The van der Waals surface area contributed by atoms with E-state index in [0.29, 0.717) is 5.69 Å². The molecule has 1 aliphatic heterocycles. The van der Waals surface area contributed by atoms with E-state index in [1.165, 1.54) is 0 Å². The van der Waals surface area contributed by atoms with Gasteiger partial charge in [0.15, 0.2) is 11.5 Å². The quantitative estimate of drug-likeness (QED) is 0.706. The minimum absolute atomic E-state index is 0.0104. The number of rotatable bonds is 3. The average molecular weight is 367 g/mol. The zero-order valence-electron chi connectivity index (χ0n) is 16.3. The Morgan fingerprint density at radius 1 is 1.19 bits per heavy atom. The second-order valence-corrected chi connectivity index (χ2v) is 7.30. The molecule has 27 heavy (non-hydrogen) atoms. The molecule has 0 atom stereocenters. The second-order valence-electron chi connectivity index (χ2n) is 7.30. The van der Waals surface area contributed by atoms with Gasteiger partial charge >= 0.3 is 0 Å². The molecule has 0 N–H and O–H groups in total. The Bertz CT molecular complexity index is 962. The van der Waals surface area contributed by atoms with E-state index in [1.807, 2.05) is 49.6 Å². The van der Waals surface area contributed by atoms with Crippen LogP contribution in [-0.4, -0.2) is 61.4 Å². The van der Waals surface area contributed by atoms with Crippen LogP contribution < -0.4 is 4.90 Å². The molecule has 1 fully saturated rings. The largest absolute Gasteiger partial charge is 0.355 e. The summed E-state index contributed by atoms with van der Waals surface area (Å²) in [7, 11) is 3.74. The highest BCUT2D eigenvalue weighted by Crippen LogP contribution is 2.25. The van der Waals surface area contributed by atoms with Crippen LogP contribution in [0, 0.1) is 13.8 Å². The highest BCUT2D eigenvalue weighted by Gasteiger charge is 2.28. The molecule has 4 rings (SSSR count). The summed E-state index contributed by atoms with van der Waals surface area (Å²) >= 11 is 0. The first kappa shape index (κ1) is 17.5. The molecule has 142 valence electrons. The number of hydrogen-bond donors (Lipinski definition) is 0. The Hall–Kier alpha value is -2.90. The summed E-state index contributed by atoms with van der Waals surface area (Å²) in [5, 5.41) is 8.79. The van der Waals surface area contributed by atoms with Crippen molar-refractivity contribution in [3.05, 3.63) is 41.6 Å². The number of carbonyl (C=O) groups excluding carboxylic acids is 1. The van der Waals surface area contributed by atoms with Crippen molar-refractivity contribution >= 4 is 17.2 Å². The summed E-state index contributed by atoms with van der Waals surface area (Å²) in [6.07, 6.45) is 5.48. The third kappa shape index (κ3) is 3.15. The first-order valence-corrected chi connectivity index (χ1v) is 9.28. The maximum atomic E-state index is 12.8. The molecule has 1 saturated heterocycles. The van der Waals surface area contributed by atoms with Crippen LogP contribution in [0.15, 0.2) is 24.5 Å². The van der Waals surface area contributed by atoms with Crippen LogP contribution in [0.2, 0.25) is 0 Å². The number of aromatic nitrogens is 5. The van der Waals surface area contributed by atoms with Crippen molar-refractivity contribution in [2.45, 2.75) is 32.7 Å². The molecule has 8 nitrogen and oxygen atoms in total. The summed E-state index contributed by atoms with van der Waals surface area (Å²) < 4.78 is 3.62. The van der Waals surface area contributed by atoms with Crippen molar-refractivity contribution in [2.24, 2.45) is 7.05 Å². The van der Waals surface area contributed by atoms with Crippen molar-refractivity contribution in [3.8, 4) is 0 Å². The lowest BCUT2D eigenvalue weighted by Gasteiger charge is -2.37. The maximum Gasteiger partial charge on any atom is 0.274 e. The molecule has 3 aromatic rings. The molecule has 0 saturated carbocycles. The van der Waals surface area contributed by atoms with Gasteiger partial charge in [0.2, 0.25) is 0 Å². The second kappa shape index (κ2) is 6.68. The lowest BCUT2D eigenvalue weighted by atomic mass is 10.0. The Morgan fingerprint density at radius 3 is 2.59 bits per heavy atom. The number of nitrogens with zero attached hydrogens (tertiary/aromatic N) is 7. The third-order valence-corrected chi connectivity index (χ3v) is 5.46. The summed E-state index contributed by atoms with van der Waals surface area (Å²) in [5.74, 6) is 0.953. The predicted molar refractivity (Wildman–Crippen MR) is 103 cm³/mol. The highest BCUT2D eigenvalue weighted by atomic mass is 16.2. The van der Waals surface area contributed by atoms with Gasteiger partial charge in [0.1, 0.15) is 5.52 Å². The van der Waals surface area contributed by atoms with Gasteiger partial charge in [0.25, 0.3) is 5.91 Å². The van der Waals surface area contributed by atoms with Gasteiger partial charge in [-0.05, 0) is 38.8 Å². The van der Waals surface area contributed by atoms with E-state index in [1.54, 1.807) is 10.9 Å². The normalized spacial score (nSPS) is 15.5. The van der Waals surface area contributed by atoms with Crippen LogP contribution in [0.25, 0.3) is 5.52 Å². The van der Waals surface area contributed by atoms with Crippen LogP contribution in [0.5, 0.6) is 0 Å². The lowest BCUT2D eigenvalue weighted by Crippen LogP contribution is -2.46. The molecule has 4 heterocycles. The molecular formula is C19H25N7O. The number of carbonyl (C=O) groups is 1. The van der Waals surface area contributed by atoms with E-state index in [4.69, 9.17) is 0 Å². The molecular weight excluding hydrogens is 342 g/mol. The molecule has 8 heteroatoms. The van der Waals surface area contributed by atoms with E-state index in [9.17, 15) is 4.79 Å². The minimum Gasteiger partial charge on any atom is -0.355 e. The molecule has 1 aliphatic rings. The van der Waals surface area contributed by atoms with Gasteiger partial charge in [0, 0.05) is 51.3 Å². The number of fused-ring (bicyclic) bond motifs is 1. The molecule has 1 amide bonds. The molecule has 0 spiro atoms. The fourth-order valence-electron chi connectivity index (χ4n) is 3.75. The lowest BCUT2D eigenvalue weighted by molar-refractivity contribution is 0.0702. The summed E-state index contributed by atoms with van der Waals surface area (Å²) in [4.78, 5) is 21.5. The van der Waals surface area contributed by atoms with Crippen LogP contribution in [0.3, 0.4) is 0 Å². The first-order chi connectivity index (χ1) is 12.9. The van der Waals surface area contributed by atoms with Crippen molar-refractivity contribution in [3.63, 3.8) is 0 Å². The fraction of sp³-hybridized carbons (Fsp3) is 0.474. The van der Waals surface area contributed by atoms with Crippen LogP contribution in [0.1, 0.15) is 34.7 Å². The molecule has 0 radical (unpaired) electrons. The highest BCUT2D eigenvalue weighted by molar-refractivity contribution is 5.92. The zero-order chi connectivity index (χ0) is 19.1. The number of aryl methyl sites for hydroxylation is 3. The van der Waals surface area contributed by atoms with E-state index >= 15 is 0 Å². The van der Waals surface area contributed by atoms with Crippen LogP contribution in [-0.2, 0) is 7.05 Å². The van der Waals surface area contributed by atoms with Crippen LogP contribution in [0.4, 0.5) is 5.82 Å². The topological polar surface area (TPSA) is 71.6 Å². The van der Waals surface area contributed by atoms with Crippen molar-refractivity contribution in [1.29, 1.82) is 0 Å². The Balaban J connectivity index is 1.46. The van der Waals surface area contributed by atoms with Gasteiger partial charge in [-0.25, -0.2) is 9.50 Å². The molecule has 0 bridgehead atoms. The maximum absolute atomic E-state index is 12.8. The van der Waals surface area contributed by atoms with E-state index in [0.717, 1.165) is 48.7 Å². The number of piperidine rings is 1. The molecule has 0 aliphatic carbocycles. The minimum atomic E-state index is -0.0104. The van der Waals surface area contributed by atoms with Crippen molar-refractivity contribution in [2.75, 3.05) is 25.0 Å². The number of hydrogen-bond acceptors (Lipinski definition) is 5. The molecule has 0 unspecified atom stereocenters. The van der Waals surface area contributed by atoms with Crippen molar-refractivity contribution in [1.82, 2.24) is 29.3 Å². The SMILES string of the molecule is Cc1cc2c(N3CCC(N(C)C(=O)c4cc(C)n(C)n4)CC3)nccn2n1. The fourth-order valence-corrected chi connectivity index (χ4v) is 3.75. The van der Waals surface area contributed by atoms with E-state index in [2.05, 4.69) is 26.1 Å². The smallest absolute Gasteiger partial charge is 0.274 e. The summed E-state index contributed by atoms with van der Waals surface area (Å²) in [6, 6.07) is 4.12. The van der Waals surface area contributed by atoms with Gasteiger partial charge in [0.05, 0.1) is 5.69 Å². The van der Waals surface area contributed by atoms with E-state index in [-0.39, 0.29) is 11.9 Å².